The molecule has 30 heavy (non-hydrogen) atoms. The minimum atomic E-state index is -0.508. The smallest absolute Gasteiger partial charge is 0.162 e. The van der Waals surface area contributed by atoms with Gasteiger partial charge in [0.15, 0.2) is 11.6 Å². The van der Waals surface area contributed by atoms with Gasteiger partial charge in [0.05, 0.1) is 0 Å². The van der Waals surface area contributed by atoms with Crippen molar-refractivity contribution in [3.05, 3.63) is 34.4 Å². The van der Waals surface area contributed by atoms with E-state index in [4.69, 9.17) is 0 Å². The van der Waals surface area contributed by atoms with Gasteiger partial charge in [0, 0.05) is 0 Å². The second kappa shape index (κ2) is 10.1. The Balaban J connectivity index is 1.44. The van der Waals surface area contributed by atoms with Crippen LogP contribution in [0.15, 0.2) is 6.07 Å². The topological polar surface area (TPSA) is 0 Å². The fraction of sp³-hybridized carbons (Fsp3) is 0.786. The van der Waals surface area contributed by atoms with Crippen LogP contribution in [0, 0.1) is 35.3 Å². The average Bonchev–Trinajstić information content (AvgIpc) is 2.76. The highest BCUT2D eigenvalue weighted by molar-refractivity contribution is 5.38. The van der Waals surface area contributed by atoms with E-state index in [9.17, 15) is 0 Å². The van der Waals surface area contributed by atoms with E-state index >= 15 is 8.78 Å². The van der Waals surface area contributed by atoms with Gasteiger partial charge in [0.1, 0.15) is 0 Å². The molecular formula is C28H42F2. The van der Waals surface area contributed by atoms with E-state index in [1.54, 1.807) is 0 Å². The molecule has 0 N–H and O–H groups in total. The van der Waals surface area contributed by atoms with E-state index in [2.05, 4.69) is 19.9 Å². The van der Waals surface area contributed by atoms with Crippen molar-refractivity contribution in [3.63, 3.8) is 0 Å². The van der Waals surface area contributed by atoms with Crippen LogP contribution in [0.3, 0.4) is 0 Å². The van der Waals surface area contributed by atoms with Crippen molar-refractivity contribution in [2.75, 3.05) is 0 Å². The van der Waals surface area contributed by atoms with E-state index in [1.807, 2.05) is 0 Å². The molecule has 1 aromatic rings. The second-order valence-corrected chi connectivity index (χ2v) is 10.8. The Morgan fingerprint density at radius 3 is 2.40 bits per heavy atom. The Bertz CT molecular complexity index is 709. The highest BCUT2D eigenvalue weighted by Crippen LogP contribution is 2.49. The highest BCUT2D eigenvalue weighted by atomic mass is 19.2. The summed E-state index contributed by atoms with van der Waals surface area (Å²) in [5, 5.41) is 0. The lowest BCUT2D eigenvalue weighted by Crippen LogP contribution is -2.31. The van der Waals surface area contributed by atoms with Gasteiger partial charge >= 0.3 is 0 Å². The molecule has 168 valence electrons. The fourth-order valence-electron chi connectivity index (χ4n) is 7.10. The molecule has 4 rings (SSSR count). The number of rotatable bonds is 7. The molecule has 2 saturated carbocycles. The number of unbranched alkanes of at least 4 members (excludes halogenated alkanes) is 2. The van der Waals surface area contributed by atoms with Gasteiger partial charge in [-0.25, -0.2) is 8.78 Å². The zero-order valence-corrected chi connectivity index (χ0v) is 19.3. The van der Waals surface area contributed by atoms with E-state index in [0.29, 0.717) is 17.0 Å². The SMILES string of the molecule is CCCCCC1CCc2cc(C3CCC4CC(CCC)CCC4C3)c(F)c(F)c2C1. The molecule has 0 heterocycles. The molecule has 3 aliphatic rings. The Hall–Kier alpha value is -0.920. The van der Waals surface area contributed by atoms with E-state index in [-0.39, 0.29) is 5.92 Å². The van der Waals surface area contributed by atoms with Crippen molar-refractivity contribution in [2.24, 2.45) is 23.7 Å². The molecule has 0 amide bonds. The number of fused-ring (bicyclic) bond motifs is 2. The number of hydrogen-bond acceptors (Lipinski definition) is 0. The van der Waals surface area contributed by atoms with Crippen molar-refractivity contribution in [1.29, 1.82) is 0 Å². The average molecular weight is 417 g/mol. The molecule has 0 aromatic heterocycles. The van der Waals surface area contributed by atoms with Gasteiger partial charge in [0.2, 0.25) is 0 Å². The zero-order chi connectivity index (χ0) is 21.1. The van der Waals surface area contributed by atoms with E-state index in [0.717, 1.165) is 55.4 Å². The summed E-state index contributed by atoms with van der Waals surface area (Å²) in [7, 11) is 0. The number of benzene rings is 1. The molecule has 2 heteroatoms. The molecule has 3 aliphatic carbocycles. The summed E-state index contributed by atoms with van der Waals surface area (Å²) in [5.74, 6) is 2.24. The van der Waals surface area contributed by atoms with Gasteiger partial charge in [-0.2, -0.15) is 0 Å². The van der Waals surface area contributed by atoms with Crippen molar-refractivity contribution < 1.29 is 8.78 Å². The third kappa shape index (κ3) is 4.78. The molecule has 0 bridgehead atoms. The Morgan fingerprint density at radius 2 is 1.60 bits per heavy atom. The van der Waals surface area contributed by atoms with Crippen LogP contribution >= 0.6 is 0 Å². The predicted octanol–water partition coefficient (Wildman–Crippen LogP) is 8.75. The largest absolute Gasteiger partial charge is 0.203 e. The molecule has 2 fully saturated rings. The fourth-order valence-corrected chi connectivity index (χ4v) is 7.10. The molecule has 0 spiro atoms. The maximum absolute atomic E-state index is 15.2. The number of aryl methyl sites for hydroxylation is 1. The summed E-state index contributed by atoms with van der Waals surface area (Å²) in [6, 6.07) is 2.09. The van der Waals surface area contributed by atoms with E-state index < -0.39 is 11.6 Å². The minimum Gasteiger partial charge on any atom is -0.203 e. The zero-order valence-electron chi connectivity index (χ0n) is 19.3. The quantitative estimate of drug-likeness (QED) is 0.390. The van der Waals surface area contributed by atoms with Gasteiger partial charge < -0.3 is 0 Å². The number of hydrogen-bond donors (Lipinski definition) is 0. The third-order valence-corrected chi connectivity index (χ3v) is 8.82. The van der Waals surface area contributed by atoms with Crippen molar-refractivity contribution in [2.45, 2.75) is 116 Å². The summed E-state index contributed by atoms with van der Waals surface area (Å²) in [5.41, 5.74) is 2.53. The monoisotopic (exact) mass is 416 g/mol. The Kier molecular flexibility index (Phi) is 7.53. The highest BCUT2D eigenvalue weighted by Gasteiger charge is 2.37. The minimum absolute atomic E-state index is 0.232. The molecule has 0 saturated heterocycles. The van der Waals surface area contributed by atoms with Crippen LogP contribution in [-0.4, -0.2) is 0 Å². The molecule has 5 atom stereocenters. The van der Waals surface area contributed by atoms with Gasteiger partial charge in [-0.05, 0) is 97.6 Å². The van der Waals surface area contributed by atoms with E-state index in [1.165, 1.54) is 64.2 Å². The lowest BCUT2D eigenvalue weighted by molar-refractivity contribution is 0.113. The standard InChI is InChI=1S/C28H42F2/c1-3-5-6-8-20-10-12-24-18-26(28(30)27(29)25(24)16-20)23-14-13-21-15-19(7-4-2)9-11-22(21)17-23/h18-23H,3-17H2,1-2H3. The van der Waals surface area contributed by atoms with Crippen molar-refractivity contribution in [1.82, 2.24) is 0 Å². The Morgan fingerprint density at radius 1 is 0.800 bits per heavy atom. The lowest BCUT2D eigenvalue weighted by atomic mass is 9.63. The van der Waals surface area contributed by atoms with Crippen molar-refractivity contribution in [3.8, 4) is 0 Å². The maximum Gasteiger partial charge on any atom is 0.162 e. The third-order valence-electron chi connectivity index (χ3n) is 8.82. The van der Waals surface area contributed by atoms with Crippen LogP contribution in [-0.2, 0) is 12.8 Å². The second-order valence-electron chi connectivity index (χ2n) is 10.8. The van der Waals surface area contributed by atoms with Gasteiger partial charge in [0.25, 0.3) is 0 Å². The predicted molar refractivity (Wildman–Crippen MR) is 122 cm³/mol. The molecular weight excluding hydrogens is 374 g/mol. The van der Waals surface area contributed by atoms with Gasteiger partial charge in [-0.15, -0.1) is 0 Å². The first-order valence-corrected chi connectivity index (χ1v) is 13.1. The molecule has 0 nitrogen and oxygen atoms in total. The lowest BCUT2D eigenvalue weighted by Gasteiger charge is -2.42. The van der Waals surface area contributed by atoms with Crippen LogP contribution in [0.1, 0.15) is 120 Å². The molecule has 5 unspecified atom stereocenters. The van der Waals surface area contributed by atoms with Gasteiger partial charge in [-0.1, -0.05) is 64.9 Å². The summed E-state index contributed by atoms with van der Waals surface area (Å²) >= 11 is 0. The first-order valence-electron chi connectivity index (χ1n) is 13.1. The number of halogens is 2. The van der Waals surface area contributed by atoms with Crippen LogP contribution in [0.4, 0.5) is 8.78 Å². The molecule has 1 aromatic carbocycles. The summed E-state index contributed by atoms with van der Waals surface area (Å²) in [6.07, 6.45) is 17.7. The summed E-state index contributed by atoms with van der Waals surface area (Å²) in [6.45, 7) is 4.51. The maximum atomic E-state index is 15.2. The van der Waals surface area contributed by atoms with Crippen LogP contribution in [0.5, 0.6) is 0 Å². The normalized spacial score (nSPS) is 31.3. The Labute approximate surface area is 183 Å². The van der Waals surface area contributed by atoms with Crippen LogP contribution < -0.4 is 0 Å². The van der Waals surface area contributed by atoms with Crippen molar-refractivity contribution >= 4 is 0 Å². The summed E-state index contributed by atoms with van der Waals surface area (Å²) < 4.78 is 30.4. The first kappa shape index (κ1) is 22.3. The molecule has 0 radical (unpaired) electrons. The van der Waals surface area contributed by atoms with Crippen LogP contribution in [0.2, 0.25) is 0 Å². The summed E-state index contributed by atoms with van der Waals surface area (Å²) in [4.78, 5) is 0. The molecule has 0 aliphatic heterocycles. The first-order chi connectivity index (χ1) is 14.6. The van der Waals surface area contributed by atoms with Crippen LogP contribution in [0.25, 0.3) is 0 Å². The van der Waals surface area contributed by atoms with Gasteiger partial charge in [-0.3, -0.25) is 0 Å².